The van der Waals surface area contributed by atoms with Gasteiger partial charge in [0.2, 0.25) is 10.0 Å². The van der Waals surface area contributed by atoms with E-state index >= 15 is 0 Å². The summed E-state index contributed by atoms with van der Waals surface area (Å²) in [5.41, 5.74) is 0.488. The molecule has 0 aliphatic rings. The third-order valence-corrected chi connectivity index (χ3v) is 5.61. The SMILES string of the molecule is CCCS(=O)(=O)Nc1ccc(F)c(C(O)c2c[nH]c3ncc(C)cc23)c1F. The van der Waals surface area contributed by atoms with Crippen molar-refractivity contribution in [2.75, 3.05) is 10.5 Å². The van der Waals surface area contributed by atoms with Gasteiger partial charge in [0, 0.05) is 23.3 Å². The van der Waals surface area contributed by atoms with Crippen LogP contribution in [0.1, 0.15) is 36.1 Å². The van der Waals surface area contributed by atoms with E-state index in [2.05, 4.69) is 14.7 Å². The molecule has 3 rings (SSSR count). The highest BCUT2D eigenvalue weighted by atomic mass is 32.2. The van der Waals surface area contributed by atoms with Gasteiger partial charge in [-0.3, -0.25) is 4.72 Å². The number of halogens is 2. The second-order valence-corrected chi connectivity index (χ2v) is 8.14. The topological polar surface area (TPSA) is 95.1 Å². The van der Waals surface area contributed by atoms with Gasteiger partial charge in [-0.1, -0.05) is 6.92 Å². The third-order valence-electron chi connectivity index (χ3n) is 4.13. The van der Waals surface area contributed by atoms with Crippen LogP contribution in [-0.2, 0) is 10.0 Å². The lowest BCUT2D eigenvalue weighted by Gasteiger charge is -2.16. The summed E-state index contributed by atoms with van der Waals surface area (Å²) in [4.78, 5) is 7.01. The number of anilines is 1. The Balaban J connectivity index is 2.07. The van der Waals surface area contributed by atoms with E-state index in [0.29, 0.717) is 17.5 Å². The number of sulfonamides is 1. The Morgan fingerprint density at radius 3 is 2.78 bits per heavy atom. The van der Waals surface area contributed by atoms with Crippen molar-refractivity contribution in [3.05, 3.63) is 58.9 Å². The van der Waals surface area contributed by atoms with Crippen LogP contribution < -0.4 is 4.72 Å². The van der Waals surface area contributed by atoms with Gasteiger partial charge in [-0.2, -0.15) is 0 Å². The number of aromatic nitrogens is 2. The van der Waals surface area contributed by atoms with Crippen LogP contribution in [-0.4, -0.2) is 29.2 Å². The zero-order chi connectivity index (χ0) is 19.8. The van der Waals surface area contributed by atoms with Crippen molar-refractivity contribution in [3.63, 3.8) is 0 Å². The van der Waals surface area contributed by atoms with Gasteiger partial charge in [-0.15, -0.1) is 0 Å². The summed E-state index contributed by atoms with van der Waals surface area (Å²) in [6, 6.07) is 3.65. The first-order valence-corrected chi connectivity index (χ1v) is 9.98. The molecular weight excluding hydrogens is 376 g/mol. The Hall–Kier alpha value is -2.52. The zero-order valence-corrected chi connectivity index (χ0v) is 15.6. The molecule has 0 amide bonds. The number of pyridine rings is 1. The van der Waals surface area contributed by atoms with Crippen LogP contribution in [0.25, 0.3) is 11.0 Å². The molecule has 0 saturated heterocycles. The minimum absolute atomic E-state index is 0.199. The fourth-order valence-corrected chi connectivity index (χ4v) is 4.03. The number of aliphatic hydroxyl groups excluding tert-OH is 1. The first-order chi connectivity index (χ1) is 12.7. The highest BCUT2D eigenvalue weighted by Crippen LogP contribution is 2.34. The van der Waals surface area contributed by atoms with Crippen LogP contribution in [0.5, 0.6) is 0 Å². The quantitative estimate of drug-likeness (QED) is 0.596. The monoisotopic (exact) mass is 395 g/mol. The van der Waals surface area contributed by atoms with Crippen molar-refractivity contribution in [2.24, 2.45) is 0 Å². The number of rotatable bonds is 6. The fraction of sp³-hybridized carbons (Fsp3) is 0.278. The number of nitrogens with one attached hydrogen (secondary N) is 2. The van der Waals surface area contributed by atoms with Crippen molar-refractivity contribution in [2.45, 2.75) is 26.4 Å². The van der Waals surface area contributed by atoms with Gasteiger partial charge < -0.3 is 10.1 Å². The normalized spacial score (nSPS) is 13.1. The number of aliphatic hydroxyl groups is 1. The number of aromatic amines is 1. The lowest BCUT2D eigenvalue weighted by atomic mass is 9.99. The molecule has 1 aromatic carbocycles. The number of H-pyrrole nitrogens is 1. The molecule has 0 radical (unpaired) electrons. The predicted molar refractivity (Wildman–Crippen MR) is 99.0 cm³/mol. The van der Waals surface area contributed by atoms with Crippen LogP contribution in [0, 0.1) is 18.6 Å². The maximum absolute atomic E-state index is 14.9. The summed E-state index contributed by atoms with van der Waals surface area (Å²) in [6.45, 7) is 3.47. The molecule has 2 heterocycles. The van der Waals surface area contributed by atoms with Gasteiger partial charge in [-0.25, -0.2) is 22.2 Å². The lowest BCUT2D eigenvalue weighted by molar-refractivity contribution is 0.211. The van der Waals surface area contributed by atoms with E-state index < -0.39 is 39.0 Å². The molecule has 2 aromatic heterocycles. The molecule has 0 aliphatic carbocycles. The second kappa shape index (κ2) is 7.24. The molecule has 0 fully saturated rings. The number of benzene rings is 1. The summed E-state index contributed by atoms with van der Waals surface area (Å²) in [6.07, 6.45) is 1.75. The molecule has 6 nitrogen and oxygen atoms in total. The summed E-state index contributed by atoms with van der Waals surface area (Å²) in [7, 11) is -3.77. The number of hydrogen-bond acceptors (Lipinski definition) is 4. The molecular formula is C18H19F2N3O3S. The minimum atomic E-state index is -3.77. The molecule has 0 spiro atoms. The van der Waals surface area contributed by atoms with Crippen LogP contribution in [0.4, 0.5) is 14.5 Å². The summed E-state index contributed by atoms with van der Waals surface area (Å²) in [5.74, 6) is -2.33. The number of aryl methyl sites for hydroxylation is 1. The molecule has 0 aliphatic heterocycles. The Bertz CT molecular complexity index is 1100. The number of hydrogen-bond donors (Lipinski definition) is 3. The van der Waals surface area contributed by atoms with E-state index in [9.17, 15) is 22.3 Å². The highest BCUT2D eigenvalue weighted by Gasteiger charge is 2.26. The smallest absolute Gasteiger partial charge is 0.232 e. The van der Waals surface area contributed by atoms with Gasteiger partial charge in [-0.05, 0) is 37.1 Å². The third kappa shape index (κ3) is 3.79. The van der Waals surface area contributed by atoms with Crippen LogP contribution in [0.15, 0.2) is 30.6 Å². The van der Waals surface area contributed by atoms with Crippen LogP contribution in [0.3, 0.4) is 0 Å². The van der Waals surface area contributed by atoms with E-state index in [1.54, 1.807) is 26.1 Å². The molecule has 1 atom stereocenters. The molecule has 0 bridgehead atoms. The van der Waals surface area contributed by atoms with Crippen molar-refractivity contribution in [1.29, 1.82) is 0 Å². The van der Waals surface area contributed by atoms with Crippen molar-refractivity contribution < 1.29 is 22.3 Å². The van der Waals surface area contributed by atoms with Crippen molar-refractivity contribution in [3.8, 4) is 0 Å². The first kappa shape index (κ1) is 19.2. The summed E-state index contributed by atoms with van der Waals surface area (Å²) < 4.78 is 55.1. The molecule has 3 aromatic rings. The molecule has 9 heteroatoms. The Kier molecular flexibility index (Phi) is 5.16. The van der Waals surface area contributed by atoms with Gasteiger partial charge in [0.15, 0.2) is 5.82 Å². The molecule has 0 saturated carbocycles. The maximum atomic E-state index is 14.9. The molecule has 144 valence electrons. The Morgan fingerprint density at radius 2 is 2.07 bits per heavy atom. The van der Waals surface area contributed by atoms with Crippen molar-refractivity contribution in [1.82, 2.24) is 9.97 Å². The summed E-state index contributed by atoms with van der Waals surface area (Å²) >= 11 is 0. The van der Waals surface area contributed by atoms with E-state index in [-0.39, 0.29) is 11.3 Å². The Labute approximate surface area is 155 Å². The minimum Gasteiger partial charge on any atom is -0.383 e. The highest BCUT2D eigenvalue weighted by molar-refractivity contribution is 7.92. The standard InChI is InChI=1S/C18H19F2N3O3S/c1-3-6-27(25,26)23-14-5-4-13(19)15(16(14)20)17(24)12-9-22-18-11(12)7-10(2)8-21-18/h4-5,7-9,17,23-24H,3,6H2,1-2H3,(H,21,22). The van der Waals surface area contributed by atoms with Gasteiger partial charge in [0.05, 0.1) is 17.0 Å². The van der Waals surface area contributed by atoms with E-state index in [0.717, 1.165) is 17.7 Å². The van der Waals surface area contributed by atoms with E-state index in [4.69, 9.17) is 0 Å². The molecule has 27 heavy (non-hydrogen) atoms. The maximum Gasteiger partial charge on any atom is 0.232 e. The second-order valence-electron chi connectivity index (χ2n) is 6.30. The zero-order valence-electron chi connectivity index (χ0n) is 14.8. The van der Waals surface area contributed by atoms with E-state index in [1.165, 1.54) is 6.20 Å². The molecule has 3 N–H and O–H groups in total. The molecule has 1 unspecified atom stereocenters. The fourth-order valence-electron chi connectivity index (χ4n) is 2.90. The van der Waals surface area contributed by atoms with Crippen LogP contribution >= 0.6 is 0 Å². The van der Waals surface area contributed by atoms with Gasteiger partial charge in [0.1, 0.15) is 17.6 Å². The largest absolute Gasteiger partial charge is 0.383 e. The number of fused-ring (bicyclic) bond motifs is 1. The summed E-state index contributed by atoms with van der Waals surface area (Å²) in [5, 5.41) is 11.2. The number of nitrogens with zero attached hydrogens (tertiary/aromatic N) is 1. The predicted octanol–water partition coefficient (Wildman–Crippen LogP) is 3.38. The van der Waals surface area contributed by atoms with Crippen molar-refractivity contribution >= 4 is 26.7 Å². The lowest BCUT2D eigenvalue weighted by Crippen LogP contribution is -2.18. The van der Waals surface area contributed by atoms with Gasteiger partial charge in [0.25, 0.3) is 0 Å². The van der Waals surface area contributed by atoms with Gasteiger partial charge >= 0.3 is 0 Å². The average molecular weight is 395 g/mol. The first-order valence-electron chi connectivity index (χ1n) is 8.33. The van der Waals surface area contributed by atoms with Crippen LogP contribution in [0.2, 0.25) is 0 Å². The Morgan fingerprint density at radius 1 is 1.33 bits per heavy atom. The average Bonchev–Trinajstić information content (AvgIpc) is 3.00. The van der Waals surface area contributed by atoms with E-state index in [1.807, 2.05) is 0 Å².